The molecule has 3 heterocycles. The van der Waals surface area contributed by atoms with Crippen molar-refractivity contribution in [2.45, 2.75) is 18.9 Å². The molecule has 1 unspecified atom stereocenters. The Morgan fingerprint density at radius 1 is 1.16 bits per heavy atom. The molecule has 0 bridgehead atoms. The lowest BCUT2D eigenvalue weighted by Crippen LogP contribution is -2.49. The van der Waals surface area contributed by atoms with Crippen LogP contribution in [0.3, 0.4) is 0 Å². The van der Waals surface area contributed by atoms with E-state index in [9.17, 15) is 4.79 Å². The zero-order chi connectivity index (χ0) is 17.1. The standard InChI is InChI=1S/C17H23N7O/c25-17(23-8-5-16(12-23)22-9-6-18-7-10-22)11-14-1-3-15(4-2-14)24-13-19-20-21-24/h1-4,13,16,18H,5-12H2. The molecule has 2 aromatic rings. The Morgan fingerprint density at radius 3 is 2.68 bits per heavy atom. The van der Waals surface area contributed by atoms with Gasteiger partial charge in [-0.3, -0.25) is 9.69 Å². The highest BCUT2D eigenvalue weighted by atomic mass is 16.2. The van der Waals surface area contributed by atoms with Crippen LogP contribution in [-0.4, -0.2) is 81.2 Å². The van der Waals surface area contributed by atoms with Crippen LogP contribution in [0.25, 0.3) is 5.69 Å². The molecular weight excluding hydrogens is 318 g/mol. The van der Waals surface area contributed by atoms with Crippen molar-refractivity contribution < 1.29 is 4.79 Å². The summed E-state index contributed by atoms with van der Waals surface area (Å²) in [6.45, 7) is 6.02. The number of piperazine rings is 1. The second kappa shape index (κ2) is 7.28. The van der Waals surface area contributed by atoms with E-state index in [1.54, 1.807) is 11.0 Å². The molecule has 1 N–H and O–H groups in total. The fourth-order valence-corrected chi connectivity index (χ4v) is 3.65. The fourth-order valence-electron chi connectivity index (χ4n) is 3.65. The van der Waals surface area contributed by atoms with Gasteiger partial charge >= 0.3 is 0 Å². The number of rotatable bonds is 4. The maximum Gasteiger partial charge on any atom is 0.227 e. The Labute approximate surface area is 146 Å². The van der Waals surface area contributed by atoms with E-state index in [1.165, 1.54) is 0 Å². The number of nitrogens with one attached hydrogen (secondary N) is 1. The predicted molar refractivity (Wildman–Crippen MR) is 92.3 cm³/mol. The van der Waals surface area contributed by atoms with E-state index in [2.05, 4.69) is 25.7 Å². The lowest BCUT2D eigenvalue weighted by atomic mass is 10.1. The first-order chi connectivity index (χ1) is 12.3. The number of carbonyl (C=O) groups excluding carboxylic acids is 1. The van der Waals surface area contributed by atoms with Gasteiger partial charge in [0.05, 0.1) is 12.1 Å². The highest BCUT2D eigenvalue weighted by molar-refractivity contribution is 5.79. The van der Waals surface area contributed by atoms with Gasteiger partial charge in [0.1, 0.15) is 6.33 Å². The number of tetrazole rings is 1. The number of benzene rings is 1. The summed E-state index contributed by atoms with van der Waals surface area (Å²) in [7, 11) is 0. The fraction of sp³-hybridized carbons (Fsp3) is 0.529. The molecule has 1 atom stereocenters. The van der Waals surface area contributed by atoms with Crippen molar-refractivity contribution in [3.8, 4) is 5.69 Å². The lowest BCUT2D eigenvalue weighted by Gasteiger charge is -2.32. The van der Waals surface area contributed by atoms with Gasteiger partial charge in [0.2, 0.25) is 5.91 Å². The monoisotopic (exact) mass is 341 g/mol. The molecule has 1 aromatic heterocycles. The number of nitrogens with zero attached hydrogens (tertiary/aromatic N) is 6. The Balaban J connectivity index is 1.33. The molecule has 2 aliphatic heterocycles. The molecule has 25 heavy (non-hydrogen) atoms. The molecule has 0 spiro atoms. The van der Waals surface area contributed by atoms with Gasteiger partial charge in [-0.15, -0.1) is 5.10 Å². The molecular formula is C17H23N7O. The second-order valence-corrected chi connectivity index (χ2v) is 6.67. The Morgan fingerprint density at radius 2 is 1.96 bits per heavy atom. The third-order valence-corrected chi connectivity index (χ3v) is 5.09. The largest absolute Gasteiger partial charge is 0.341 e. The molecule has 0 saturated carbocycles. The first kappa shape index (κ1) is 16.2. The van der Waals surface area contributed by atoms with E-state index in [0.717, 1.165) is 56.9 Å². The van der Waals surface area contributed by atoms with Crippen molar-refractivity contribution in [3.63, 3.8) is 0 Å². The number of hydrogen-bond acceptors (Lipinski definition) is 6. The average molecular weight is 341 g/mol. The quantitative estimate of drug-likeness (QED) is 0.823. The molecule has 4 rings (SSSR count). The summed E-state index contributed by atoms with van der Waals surface area (Å²) >= 11 is 0. The zero-order valence-electron chi connectivity index (χ0n) is 14.2. The predicted octanol–water partition coefficient (Wildman–Crippen LogP) is -0.289. The van der Waals surface area contributed by atoms with Crippen LogP contribution < -0.4 is 5.32 Å². The molecule has 132 valence electrons. The van der Waals surface area contributed by atoms with Gasteiger partial charge in [-0.25, -0.2) is 4.68 Å². The molecule has 2 saturated heterocycles. The van der Waals surface area contributed by atoms with Gasteiger partial charge in [-0.2, -0.15) is 0 Å². The van der Waals surface area contributed by atoms with E-state index in [-0.39, 0.29) is 5.91 Å². The minimum Gasteiger partial charge on any atom is -0.341 e. The molecule has 0 aliphatic carbocycles. The topological polar surface area (TPSA) is 79.2 Å². The van der Waals surface area contributed by atoms with Crippen molar-refractivity contribution in [3.05, 3.63) is 36.2 Å². The maximum atomic E-state index is 12.6. The molecule has 1 amide bonds. The smallest absolute Gasteiger partial charge is 0.227 e. The molecule has 1 aromatic carbocycles. The third-order valence-electron chi connectivity index (χ3n) is 5.09. The van der Waals surface area contributed by atoms with Gasteiger partial charge in [0, 0.05) is 45.3 Å². The Bertz CT molecular complexity index is 694. The molecule has 0 radical (unpaired) electrons. The average Bonchev–Trinajstić information content (AvgIpc) is 3.35. The Kier molecular flexibility index (Phi) is 4.71. The van der Waals surface area contributed by atoms with Crippen LogP contribution in [0.4, 0.5) is 0 Å². The number of amides is 1. The first-order valence-electron chi connectivity index (χ1n) is 8.84. The minimum absolute atomic E-state index is 0.216. The summed E-state index contributed by atoms with van der Waals surface area (Å²) < 4.78 is 1.60. The number of aromatic nitrogens is 4. The van der Waals surface area contributed by atoms with Gasteiger partial charge in [-0.1, -0.05) is 12.1 Å². The molecule has 2 fully saturated rings. The highest BCUT2D eigenvalue weighted by Crippen LogP contribution is 2.18. The third kappa shape index (κ3) is 3.69. The molecule has 2 aliphatic rings. The van der Waals surface area contributed by atoms with Crippen LogP contribution in [-0.2, 0) is 11.2 Å². The summed E-state index contributed by atoms with van der Waals surface area (Å²) in [5.74, 6) is 0.216. The van der Waals surface area contributed by atoms with Crippen LogP contribution >= 0.6 is 0 Å². The summed E-state index contributed by atoms with van der Waals surface area (Å²) in [6.07, 6.45) is 3.09. The van der Waals surface area contributed by atoms with Crippen LogP contribution in [0.5, 0.6) is 0 Å². The summed E-state index contributed by atoms with van der Waals surface area (Å²) in [5, 5.41) is 14.5. The normalized spacial score (nSPS) is 21.6. The van der Waals surface area contributed by atoms with E-state index < -0.39 is 0 Å². The van der Waals surface area contributed by atoms with E-state index in [0.29, 0.717) is 12.5 Å². The number of likely N-dealkylation sites (tertiary alicyclic amines) is 1. The maximum absolute atomic E-state index is 12.6. The van der Waals surface area contributed by atoms with Crippen LogP contribution in [0.1, 0.15) is 12.0 Å². The summed E-state index contributed by atoms with van der Waals surface area (Å²) in [5.41, 5.74) is 1.91. The number of hydrogen-bond donors (Lipinski definition) is 1. The van der Waals surface area contributed by atoms with Gasteiger partial charge in [0.15, 0.2) is 0 Å². The van der Waals surface area contributed by atoms with Crippen molar-refractivity contribution in [2.75, 3.05) is 39.3 Å². The van der Waals surface area contributed by atoms with Crippen LogP contribution in [0.2, 0.25) is 0 Å². The van der Waals surface area contributed by atoms with Crippen molar-refractivity contribution in [1.29, 1.82) is 0 Å². The van der Waals surface area contributed by atoms with Crippen LogP contribution in [0, 0.1) is 0 Å². The molecule has 8 nitrogen and oxygen atoms in total. The lowest BCUT2D eigenvalue weighted by molar-refractivity contribution is -0.129. The molecule has 8 heteroatoms. The highest BCUT2D eigenvalue weighted by Gasteiger charge is 2.30. The summed E-state index contributed by atoms with van der Waals surface area (Å²) in [4.78, 5) is 17.1. The van der Waals surface area contributed by atoms with Crippen molar-refractivity contribution >= 4 is 5.91 Å². The van der Waals surface area contributed by atoms with E-state index >= 15 is 0 Å². The summed E-state index contributed by atoms with van der Waals surface area (Å²) in [6, 6.07) is 8.34. The zero-order valence-corrected chi connectivity index (χ0v) is 14.2. The van der Waals surface area contributed by atoms with Gasteiger partial charge in [-0.05, 0) is 34.5 Å². The first-order valence-corrected chi connectivity index (χ1v) is 8.84. The van der Waals surface area contributed by atoms with E-state index in [4.69, 9.17) is 0 Å². The van der Waals surface area contributed by atoms with E-state index in [1.807, 2.05) is 29.2 Å². The van der Waals surface area contributed by atoms with Gasteiger partial charge in [0.25, 0.3) is 0 Å². The SMILES string of the molecule is O=C(Cc1ccc(-n2cnnn2)cc1)N1CCC(N2CCNCC2)C1. The van der Waals surface area contributed by atoms with Crippen molar-refractivity contribution in [1.82, 2.24) is 35.3 Å². The Hall–Kier alpha value is -2.32. The minimum atomic E-state index is 0.216. The number of carbonyl (C=O) groups is 1. The van der Waals surface area contributed by atoms with Gasteiger partial charge < -0.3 is 10.2 Å². The van der Waals surface area contributed by atoms with Crippen molar-refractivity contribution in [2.24, 2.45) is 0 Å². The van der Waals surface area contributed by atoms with Crippen LogP contribution in [0.15, 0.2) is 30.6 Å². The second-order valence-electron chi connectivity index (χ2n) is 6.67.